The molecule has 0 heterocycles. The van der Waals surface area contributed by atoms with Crippen LogP contribution >= 0.6 is 7.82 Å². The monoisotopic (exact) mass is 497 g/mol. The lowest BCUT2D eigenvalue weighted by Crippen LogP contribution is -2.37. The van der Waals surface area contributed by atoms with Crippen LogP contribution in [0.15, 0.2) is 84.9 Å². The molecule has 0 aliphatic rings. The summed E-state index contributed by atoms with van der Waals surface area (Å²) in [5.74, 6) is 0.448. The minimum absolute atomic E-state index is 0.224. The average molecular weight is 498 g/mol. The van der Waals surface area contributed by atoms with Gasteiger partial charge in [0.2, 0.25) is 0 Å². The lowest BCUT2D eigenvalue weighted by atomic mass is 9.78. The van der Waals surface area contributed by atoms with E-state index in [9.17, 15) is 9.46 Å². The van der Waals surface area contributed by atoms with Crippen molar-refractivity contribution in [3.8, 4) is 11.5 Å². The number of quaternary nitrogens is 1. The maximum Gasteiger partial charge on any atom is 0.372 e. The van der Waals surface area contributed by atoms with Gasteiger partial charge in [0.1, 0.15) is 17.2 Å². The highest BCUT2D eigenvalue weighted by atomic mass is 31.2. The SMILES string of the molecule is CCCCCC(C)(C)c1ccccc1[N+](C)(C)C.O=P([O-])(Oc1ccccc1)Oc1ccccc1. The lowest BCUT2D eigenvalue weighted by Gasteiger charge is -2.33. The third-order valence-electron chi connectivity index (χ3n) is 5.68. The van der Waals surface area contributed by atoms with E-state index in [-0.39, 0.29) is 16.9 Å². The first kappa shape index (κ1) is 28.6. The van der Waals surface area contributed by atoms with Gasteiger partial charge in [0.15, 0.2) is 0 Å². The summed E-state index contributed by atoms with van der Waals surface area (Å²) in [6.07, 6.45) is 5.25. The molecule has 0 N–H and O–H groups in total. The molecule has 0 radical (unpaired) electrons. The molecule has 0 spiro atoms. The van der Waals surface area contributed by atoms with Crippen LogP contribution in [-0.2, 0) is 9.98 Å². The maximum atomic E-state index is 11.6. The molecule has 0 aliphatic carbocycles. The summed E-state index contributed by atoms with van der Waals surface area (Å²) in [5, 5.41) is 0. The van der Waals surface area contributed by atoms with E-state index in [1.54, 1.807) is 60.7 Å². The lowest BCUT2D eigenvalue weighted by molar-refractivity contribution is -0.208. The van der Waals surface area contributed by atoms with Crippen molar-refractivity contribution in [2.24, 2.45) is 0 Å². The molecular formula is C29H40NO4P. The van der Waals surface area contributed by atoms with E-state index in [1.807, 2.05) is 0 Å². The first-order valence-corrected chi connectivity index (χ1v) is 13.6. The van der Waals surface area contributed by atoms with Gasteiger partial charge in [0.05, 0.1) is 21.1 Å². The topological polar surface area (TPSA) is 58.6 Å². The van der Waals surface area contributed by atoms with E-state index < -0.39 is 7.82 Å². The van der Waals surface area contributed by atoms with E-state index >= 15 is 0 Å². The summed E-state index contributed by atoms with van der Waals surface area (Å²) in [7, 11) is 2.37. The fourth-order valence-corrected chi connectivity index (χ4v) is 4.62. The Morgan fingerprint density at radius 2 is 1.23 bits per heavy atom. The molecule has 0 aliphatic heterocycles. The first-order chi connectivity index (χ1) is 16.4. The predicted octanol–water partition coefficient (Wildman–Crippen LogP) is 7.35. The highest BCUT2D eigenvalue weighted by Crippen LogP contribution is 2.40. The van der Waals surface area contributed by atoms with E-state index in [1.165, 1.54) is 36.9 Å². The Hall–Kier alpha value is -2.59. The second-order valence-corrected chi connectivity index (χ2v) is 11.4. The van der Waals surface area contributed by atoms with Crippen LogP contribution in [0.1, 0.15) is 52.0 Å². The Kier molecular flexibility index (Phi) is 10.6. The van der Waals surface area contributed by atoms with Crippen molar-refractivity contribution in [3.63, 3.8) is 0 Å². The molecule has 0 atom stereocenters. The van der Waals surface area contributed by atoms with Crippen LogP contribution in [0.5, 0.6) is 11.5 Å². The average Bonchev–Trinajstić information content (AvgIpc) is 2.80. The van der Waals surface area contributed by atoms with Crippen molar-refractivity contribution in [2.45, 2.75) is 51.9 Å². The van der Waals surface area contributed by atoms with E-state index in [2.05, 4.69) is 66.2 Å². The molecule has 6 heteroatoms. The Balaban J connectivity index is 0.000000247. The second-order valence-electron chi connectivity index (χ2n) is 10.1. The molecule has 0 unspecified atom stereocenters. The Morgan fingerprint density at radius 1 is 0.771 bits per heavy atom. The number of phosphoric ester groups is 1. The molecule has 35 heavy (non-hydrogen) atoms. The predicted molar refractivity (Wildman–Crippen MR) is 145 cm³/mol. The molecule has 0 bridgehead atoms. The van der Waals surface area contributed by atoms with Gasteiger partial charge in [0.25, 0.3) is 0 Å². The van der Waals surface area contributed by atoms with Gasteiger partial charge >= 0.3 is 7.82 Å². The Labute approximate surface area is 211 Å². The van der Waals surface area contributed by atoms with Gasteiger partial charge in [-0.1, -0.05) is 94.6 Å². The van der Waals surface area contributed by atoms with E-state index in [0.717, 1.165) is 4.48 Å². The van der Waals surface area contributed by atoms with Crippen LogP contribution < -0.4 is 18.4 Å². The molecule has 0 fully saturated rings. The fourth-order valence-electron chi connectivity index (χ4n) is 3.82. The van der Waals surface area contributed by atoms with Crippen LogP contribution in [0.25, 0.3) is 0 Å². The standard InChI is InChI=1S/C17H30N.C12H11O4P/c1-7-8-11-14-17(2,3)15-12-9-10-13-16(15)18(4,5)6;13-17(14,15-11-7-3-1-4-8-11)16-12-9-5-2-6-10-12/h9-10,12-13H,7-8,11,14H2,1-6H3;1-10H,(H,13,14)/q+1;/p-1. The smallest absolute Gasteiger partial charge is 0.372 e. The van der Waals surface area contributed by atoms with Crippen LogP contribution in [0.4, 0.5) is 5.69 Å². The third kappa shape index (κ3) is 9.89. The summed E-state index contributed by atoms with van der Waals surface area (Å²) in [6, 6.07) is 25.3. The maximum absolute atomic E-state index is 11.6. The van der Waals surface area contributed by atoms with Crippen molar-refractivity contribution >= 4 is 13.5 Å². The quantitative estimate of drug-likeness (QED) is 0.167. The largest absolute Gasteiger partial charge is 0.736 e. The summed E-state index contributed by atoms with van der Waals surface area (Å²) >= 11 is 0. The minimum Gasteiger partial charge on any atom is -0.736 e. The van der Waals surface area contributed by atoms with Gasteiger partial charge in [0, 0.05) is 5.56 Å². The second kappa shape index (κ2) is 12.9. The fraction of sp³-hybridized carbons (Fsp3) is 0.379. The minimum atomic E-state index is -4.39. The third-order valence-corrected chi connectivity index (χ3v) is 6.55. The molecule has 0 saturated carbocycles. The first-order valence-electron chi connectivity index (χ1n) is 12.2. The van der Waals surface area contributed by atoms with Gasteiger partial charge < -0.3 is 13.9 Å². The van der Waals surface area contributed by atoms with Gasteiger partial charge in [-0.3, -0.25) is 4.48 Å². The highest BCUT2D eigenvalue weighted by Gasteiger charge is 2.28. The van der Waals surface area contributed by atoms with Crippen molar-refractivity contribution < 1.29 is 18.5 Å². The normalized spacial score (nSPS) is 11.9. The van der Waals surface area contributed by atoms with Crippen LogP contribution in [-0.4, -0.2) is 21.1 Å². The number of hydrogen-bond acceptors (Lipinski definition) is 4. The van der Waals surface area contributed by atoms with Gasteiger partial charge in [-0.2, -0.15) is 0 Å². The summed E-state index contributed by atoms with van der Waals surface area (Å²) in [5.41, 5.74) is 3.23. The summed E-state index contributed by atoms with van der Waals surface area (Å²) in [6.45, 7) is 7.04. The molecule has 0 aromatic heterocycles. The van der Waals surface area contributed by atoms with Gasteiger partial charge in [-0.15, -0.1) is 0 Å². The number of unbranched alkanes of at least 4 members (excludes halogenated alkanes) is 2. The number of para-hydroxylation sites is 3. The van der Waals surface area contributed by atoms with Crippen LogP contribution in [0.3, 0.4) is 0 Å². The molecule has 3 aromatic carbocycles. The highest BCUT2D eigenvalue weighted by molar-refractivity contribution is 7.46. The zero-order valence-electron chi connectivity index (χ0n) is 21.9. The van der Waals surface area contributed by atoms with E-state index in [0.29, 0.717) is 0 Å². The molecule has 3 aromatic rings. The van der Waals surface area contributed by atoms with Gasteiger partial charge in [-0.05, 0) is 42.2 Å². The van der Waals surface area contributed by atoms with Gasteiger partial charge in [-0.25, -0.2) is 4.57 Å². The number of rotatable bonds is 10. The van der Waals surface area contributed by atoms with Crippen molar-refractivity contribution in [3.05, 3.63) is 90.5 Å². The zero-order valence-corrected chi connectivity index (χ0v) is 22.8. The number of nitrogens with zero attached hydrogens (tertiary/aromatic N) is 1. The van der Waals surface area contributed by atoms with Crippen molar-refractivity contribution in [2.75, 3.05) is 21.1 Å². The number of phosphoric acid groups is 1. The van der Waals surface area contributed by atoms with Crippen molar-refractivity contribution in [1.82, 2.24) is 4.48 Å². The van der Waals surface area contributed by atoms with Crippen molar-refractivity contribution in [1.29, 1.82) is 0 Å². The van der Waals surface area contributed by atoms with E-state index in [4.69, 9.17) is 9.05 Å². The Morgan fingerprint density at radius 3 is 1.69 bits per heavy atom. The number of benzene rings is 3. The molecule has 0 saturated heterocycles. The molecule has 0 amide bonds. The van der Waals surface area contributed by atoms with Crippen LogP contribution in [0, 0.1) is 0 Å². The molecule has 5 nitrogen and oxygen atoms in total. The molecular weight excluding hydrogens is 457 g/mol. The zero-order chi connectivity index (χ0) is 26.0. The molecule has 3 rings (SSSR count). The van der Waals surface area contributed by atoms with Crippen LogP contribution in [0.2, 0.25) is 0 Å². The molecule has 190 valence electrons. The Bertz CT molecular complexity index is 1020. The summed E-state index contributed by atoms with van der Waals surface area (Å²) < 4.78 is 22.0. The summed E-state index contributed by atoms with van der Waals surface area (Å²) in [4.78, 5) is 11.6. The number of hydrogen-bond donors (Lipinski definition) is 0.